The lowest BCUT2D eigenvalue weighted by atomic mass is 9.91. The van der Waals surface area contributed by atoms with E-state index < -0.39 is 0 Å². The molecule has 108 valence electrons. The van der Waals surface area contributed by atoms with E-state index in [1.54, 1.807) is 12.1 Å². The van der Waals surface area contributed by atoms with Gasteiger partial charge in [-0.05, 0) is 30.5 Å². The van der Waals surface area contributed by atoms with Gasteiger partial charge in [0.05, 0.1) is 0 Å². The molecule has 3 rings (SSSR count). The van der Waals surface area contributed by atoms with Gasteiger partial charge in [-0.15, -0.1) is 0 Å². The molecule has 0 N–H and O–H groups in total. The van der Waals surface area contributed by atoms with E-state index in [-0.39, 0.29) is 6.09 Å². The Kier molecular flexibility index (Phi) is 4.20. The fraction of sp³-hybridized carbons (Fsp3) is 0.278. The van der Waals surface area contributed by atoms with Gasteiger partial charge < -0.3 is 9.64 Å². The number of likely N-dealkylation sites (tertiary alicyclic amines) is 1. The molecule has 1 aliphatic rings. The number of hydrogen-bond acceptors (Lipinski definition) is 2. The molecule has 0 radical (unpaired) electrons. The van der Waals surface area contributed by atoms with Gasteiger partial charge in [-0.25, -0.2) is 4.79 Å². The summed E-state index contributed by atoms with van der Waals surface area (Å²) in [6.45, 7) is 1.50. The van der Waals surface area contributed by atoms with Gasteiger partial charge in [-0.1, -0.05) is 48.5 Å². The van der Waals surface area contributed by atoms with Crippen molar-refractivity contribution in [3.05, 3.63) is 66.2 Å². The van der Waals surface area contributed by atoms with Crippen LogP contribution in [0.15, 0.2) is 60.7 Å². The quantitative estimate of drug-likeness (QED) is 0.830. The molecule has 1 saturated heterocycles. The van der Waals surface area contributed by atoms with Gasteiger partial charge >= 0.3 is 6.09 Å². The molecule has 1 fully saturated rings. The number of amides is 1. The molecule has 1 aliphatic heterocycles. The van der Waals surface area contributed by atoms with Gasteiger partial charge in [0.15, 0.2) is 0 Å². The van der Waals surface area contributed by atoms with Crippen LogP contribution in [0.25, 0.3) is 0 Å². The first-order valence-corrected chi connectivity index (χ1v) is 7.39. The maximum atomic E-state index is 12.2. The van der Waals surface area contributed by atoms with Crippen LogP contribution in [0.5, 0.6) is 5.75 Å². The van der Waals surface area contributed by atoms with Gasteiger partial charge in [0.1, 0.15) is 5.75 Å². The minimum absolute atomic E-state index is 0.248. The molecule has 21 heavy (non-hydrogen) atoms. The first kappa shape index (κ1) is 13.7. The predicted molar refractivity (Wildman–Crippen MR) is 82.5 cm³/mol. The zero-order valence-corrected chi connectivity index (χ0v) is 11.9. The molecule has 0 aliphatic carbocycles. The van der Waals surface area contributed by atoms with Gasteiger partial charge in [0.2, 0.25) is 0 Å². The summed E-state index contributed by atoms with van der Waals surface area (Å²) in [4.78, 5) is 14.1. The normalized spacial score (nSPS) is 18.3. The van der Waals surface area contributed by atoms with Crippen LogP contribution >= 0.6 is 0 Å². The summed E-state index contributed by atoms with van der Waals surface area (Å²) in [5, 5.41) is 0. The minimum Gasteiger partial charge on any atom is -0.410 e. The number of para-hydroxylation sites is 1. The van der Waals surface area contributed by atoms with Crippen LogP contribution in [0.1, 0.15) is 24.3 Å². The average molecular weight is 281 g/mol. The molecule has 0 spiro atoms. The molecule has 2 aromatic rings. The fourth-order valence-corrected chi connectivity index (χ4v) is 2.79. The van der Waals surface area contributed by atoms with Crippen LogP contribution in [0.4, 0.5) is 4.79 Å². The Hall–Kier alpha value is -2.29. The van der Waals surface area contributed by atoms with E-state index >= 15 is 0 Å². The summed E-state index contributed by atoms with van der Waals surface area (Å²) in [5.41, 5.74) is 1.30. The lowest BCUT2D eigenvalue weighted by Crippen LogP contribution is -2.40. The monoisotopic (exact) mass is 281 g/mol. The van der Waals surface area contributed by atoms with Crippen molar-refractivity contribution >= 4 is 6.09 Å². The molecule has 0 saturated carbocycles. The second-order valence-electron chi connectivity index (χ2n) is 5.38. The molecule has 3 nitrogen and oxygen atoms in total. The molecule has 0 bridgehead atoms. The summed E-state index contributed by atoms with van der Waals surface area (Å²) in [5.74, 6) is 1.01. The molecular formula is C18H19NO2. The molecule has 1 atom stereocenters. The Balaban J connectivity index is 1.64. The highest BCUT2D eigenvalue weighted by atomic mass is 16.6. The van der Waals surface area contributed by atoms with E-state index in [1.165, 1.54) is 5.56 Å². The first-order valence-electron chi connectivity index (χ1n) is 7.39. The van der Waals surface area contributed by atoms with Gasteiger partial charge in [-0.2, -0.15) is 0 Å². The van der Waals surface area contributed by atoms with E-state index in [1.807, 2.05) is 29.2 Å². The number of hydrogen-bond donors (Lipinski definition) is 0. The summed E-state index contributed by atoms with van der Waals surface area (Å²) in [6.07, 6.45) is 1.89. The zero-order valence-electron chi connectivity index (χ0n) is 11.9. The van der Waals surface area contributed by atoms with Crippen LogP contribution in [0.3, 0.4) is 0 Å². The highest BCUT2D eigenvalue weighted by Gasteiger charge is 2.25. The number of benzene rings is 2. The van der Waals surface area contributed by atoms with Gasteiger partial charge in [0, 0.05) is 19.0 Å². The number of rotatable bonds is 2. The topological polar surface area (TPSA) is 29.5 Å². The largest absolute Gasteiger partial charge is 0.415 e. The van der Waals surface area contributed by atoms with Gasteiger partial charge in [0.25, 0.3) is 0 Å². The Labute approximate surface area is 125 Å². The average Bonchev–Trinajstić information content (AvgIpc) is 2.57. The SMILES string of the molecule is O=C(Oc1ccccc1)N1CCC[C@@H](c2ccccc2)C1. The van der Waals surface area contributed by atoms with E-state index in [0.717, 1.165) is 25.9 Å². The second kappa shape index (κ2) is 6.44. The van der Waals surface area contributed by atoms with Crippen LogP contribution in [0, 0.1) is 0 Å². The van der Waals surface area contributed by atoms with Crippen molar-refractivity contribution in [2.24, 2.45) is 0 Å². The highest BCUT2D eigenvalue weighted by molar-refractivity contribution is 5.70. The molecule has 0 aromatic heterocycles. The molecule has 0 unspecified atom stereocenters. The lowest BCUT2D eigenvalue weighted by Gasteiger charge is -2.32. The van der Waals surface area contributed by atoms with E-state index in [0.29, 0.717) is 11.7 Å². The van der Waals surface area contributed by atoms with Crippen molar-refractivity contribution in [3.63, 3.8) is 0 Å². The first-order chi connectivity index (χ1) is 10.3. The number of nitrogens with zero attached hydrogens (tertiary/aromatic N) is 1. The molecule has 2 aromatic carbocycles. The van der Waals surface area contributed by atoms with E-state index in [2.05, 4.69) is 24.3 Å². The van der Waals surface area contributed by atoms with Crippen molar-refractivity contribution in [1.29, 1.82) is 0 Å². The Bertz CT molecular complexity index is 583. The third kappa shape index (κ3) is 3.43. The van der Waals surface area contributed by atoms with Crippen molar-refractivity contribution < 1.29 is 9.53 Å². The minimum atomic E-state index is -0.248. The molecular weight excluding hydrogens is 262 g/mol. The lowest BCUT2D eigenvalue weighted by molar-refractivity contribution is 0.137. The summed E-state index contributed by atoms with van der Waals surface area (Å²) in [7, 11) is 0. The standard InChI is InChI=1S/C18H19NO2/c20-18(21-17-11-5-2-6-12-17)19-13-7-10-16(14-19)15-8-3-1-4-9-15/h1-6,8-9,11-12,16H,7,10,13-14H2/t16-/m1/s1. The zero-order chi connectivity index (χ0) is 14.5. The smallest absolute Gasteiger partial charge is 0.410 e. The number of ether oxygens (including phenoxy) is 1. The van der Waals surface area contributed by atoms with E-state index in [4.69, 9.17) is 4.74 Å². The number of carbonyl (C=O) groups excluding carboxylic acids is 1. The highest BCUT2D eigenvalue weighted by Crippen LogP contribution is 2.27. The maximum absolute atomic E-state index is 12.2. The van der Waals surface area contributed by atoms with Crippen molar-refractivity contribution in [1.82, 2.24) is 4.90 Å². The predicted octanol–water partition coefficient (Wildman–Crippen LogP) is 4.07. The summed E-state index contributed by atoms with van der Waals surface area (Å²) < 4.78 is 5.43. The van der Waals surface area contributed by atoms with Crippen LogP contribution < -0.4 is 4.74 Å². The number of carbonyl (C=O) groups is 1. The Morgan fingerprint density at radius 3 is 2.38 bits per heavy atom. The Morgan fingerprint density at radius 1 is 1.00 bits per heavy atom. The van der Waals surface area contributed by atoms with Crippen molar-refractivity contribution in [2.75, 3.05) is 13.1 Å². The number of piperidine rings is 1. The van der Waals surface area contributed by atoms with Crippen LogP contribution in [-0.2, 0) is 0 Å². The van der Waals surface area contributed by atoms with Crippen LogP contribution in [0.2, 0.25) is 0 Å². The Morgan fingerprint density at radius 2 is 1.67 bits per heavy atom. The third-order valence-electron chi connectivity index (χ3n) is 3.90. The fourth-order valence-electron chi connectivity index (χ4n) is 2.79. The van der Waals surface area contributed by atoms with Crippen LogP contribution in [-0.4, -0.2) is 24.1 Å². The second-order valence-corrected chi connectivity index (χ2v) is 5.38. The van der Waals surface area contributed by atoms with Gasteiger partial charge in [-0.3, -0.25) is 0 Å². The third-order valence-corrected chi connectivity index (χ3v) is 3.90. The van der Waals surface area contributed by atoms with E-state index in [9.17, 15) is 4.79 Å². The summed E-state index contributed by atoms with van der Waals surface area (Å²) in [6, 6.07) is 19.6. The molecule has 1 heterocycles. The molecule has 1 amide bonds. The van der Waals surface area contributed by atoms with Crippen molar-refractivity contribution in [3.8, 4) is 5.75 Å². The maximum Gasteiger partial charge on any atom is 0.415 e. The molecule has 3 heteroatoms. The summed E-state index contributed by atoms with van der Waals surface area (Å²) >= 11 is 0. The van der Waals surface area contributed by atoms with Crippen molar-refractivity contribution in [2.45, 2.75) is 18.8 Å².